The molecule has 0 atom stereocenters. The lowest BCUT2D eigenvalue weighted by Gasteiger charge is -2.12. The Labute approximate surface area is 182 Å². The molecule has 0 saturated heterocycles. The summed E-state index contributed by atoms with van der Waals surface area (Å²) >= 11 is 6.10. The second-order valence-electron chi connectivity index (χ2n) is 6.84. The van der Waals surface area contributed by atoms with E-state index in [0.717, 1.165) is 28.3 Å². The van der Waals surface area contributed by atoms with Gasteiger partial charge >= 0.3 is 0 Å². The fraction of sp³-hybridized carbons (Fsp3) is 0.208. The summed E-state index contributed by atoms with van der Waals surface area (Å²) < 4.78 is 8.14. The van der Waals surface area contributed by atoms with Crippen molar-refractivity contribution in [3.8, 4) is 11.3 Å². The first-order valence-electron chi connectivity index (χ1n) is 9.53. The third kappa shape index (κ3) is 4.32. The van der Waals surface area contributed by atoms with E-state index < -0.39 is 0 Å². The number of ether oxygens (including phenoxy) is 1. The number of hydrogen-bond donors (Lipinski definition) is 0. The summed E-state index contributed by atoms with van der Waals surface area (Å²) in [6, 6.07) is 20.5. The number of nitrogens with zero attached hydrogens (tertiary/aromatic N) is 2. The number of rotatable bonds is 6. The van der Waals surface area contributed by atoms with Gasteiger partial charge in [-0.1, -0.05) is 54.1 Å². The fourth-order valence-electron chi connectivity index (χ4n) is 3.67. The Morgan fingerprint density at radius 3 is 2.41 bits per heavy atom. The van der Waals surface area contributed by atoms with Crippen LogP contribution in [0, 0.1) is 6.92 Å². The van der Waals surface area contributed by atoms with E-state index in [-0.39, 0.29) is 12.4 Å². The van der Waals surface area contributed by atoms with E-state index in [2.05, 4.69) is 41.8 Å². The number of hydrogen-bond acceptors (Lipinski definition) is 2. The van der Waals surface area contributed by atoms with Crippen LogP contribution in [0.3, 0.4) is 0 Å². The van der Waals surface area contributed by atoms with Crippen molar-refractivity contribution in [3.05, 3.63) is 88.7 Å². The minimum Gasteiger partial charge on any atom is -0.377 e. The van der Waals surface area contributed by atoms with Gasteiger partial charge in [0, 0.05) is 46.6 Å². The third-order valence-corrected chi connectivity index (χ3v) is 5.36. The van der Waals surface area contributed by atoms with Gasteiger partial charge in [0.05, 0.1) is 17.8 Å². The Morgan fingerprint density at radius 2 is 1.72 bits per heavy atom. The lowest BCUT2D eigenvalue weighted by Crippen LogP contribution is -2.04. The smallest absolute Gasteiger partial charge is 0.0945 e. The molecule has 0 aliphatic rings. The van der Waals surface area contributed by atoms with Crippen molar-refractivity contribution in [1.29, 1.82) is 0 Å². The normalized spacial score (nSPS) is 10.9. The molecular weight excluding hydrogens is 403 g/mol. The van der Waals surface area contributed by atoms with Crippen LogP contribution in [0.5, 0.6) is 0 Å². The molecule has 0 unspecified atom stereocenters. The Bertz CT molecular complexity index is 1090. The van der Waals surface area contributed by atoms with Gasteiger partial charge < -0.3 is 9.30 Å². The highest BCUT2D eigenvalue weighted by molar-refractivity contribution is 6.30. The van der Waals surface area contributed by atoms with Gasteiger partial charge in [-0.15, -0.1) is 12.4 Å². The molecule has 5 heteroatoms. The number of benzene rings is 2. The molecule has 0 fully saturated rings. The van der Waals surface area contributed by atoms with Crippen molar-refractivity contribution in [2.75, 3.05) is 6.61 Å². The van der Waals surface area contributed by atoms with Crippen molar-refractivity contribution in [1.82, 2.24) is 9.55 Å². The standard InChI is InChI=1S/C24H23ClN2O.ClH/c1-3-28-16-22-17(2)27(15-18-7-5-4-6-8-18)24-21(22)13-14-26-23(24)19-9-11-20(25)12-10-19;/h4-14H,3,15-16H2,1-2H3;1H. The molecule has 0 aliphatic heterocycles. The largest absolute Gasteiger partial charge is 0.377 e. The topological polar surface area (TPSA) is 27.1 Å². The lowest BCUT2D eigenvalue weighted by atomic mass is 10.1. The molecular formula is C24H24Cl2N2O. The van der Waals surface area contributed by atoms with Crippen LogP contribution in [0.1, 0.15) is 23.7 Å². The maximum Gasteiger partial charge on any atom is 0.0945 e. The Morgan fingerprint density at radius 1 is 1.00 bits per heavy atom. The van der Waals surface area contributed by atoms with Crippen LogP contribution >= 0.6 is 24.0 Å². The third-order valence-electron chi connectivity index (χ3n) is 5.11. The Hall–Kier alpha value is -2.33. The zero-order valence-corrected chi connectivity index (χ0v) is 18.1. The number of aromatic nitrogens is 2. The monoisotopic (exact) mass is 426 g/mol. The van der Waals surface area contributed by atoms with Crippen molar-refractivity contribution in [2.45, 2.75) is 27.0 Å². The molecule has 2 heterocycles. The summed E-state index contributed by atoms with van der Waals surface area (Å²) in [4.78, 5) is 4.74. The summed E-state index contributed by atoms with van der Waals surface area (Å²) in [6.07, 6.45) is 1.88. The average molecular weight is 427 g/mol. The quantitative estimate of drug-likeness (QED) is 0.344. The second kappa shape index (κ2) is 9.45. The number of pyridine rings is 1. The summed E-state index contributed by atoms with van der Waals surface area (Å²) in [6.45, 7) is 6.29. The van der Waals surface area contributed by atoms with Crippen LogP contribution in [-0.2, 0) is 17.9 Å². The summed E-state index contributed by atoms with van der Waals surface area (Å²) in [7, 11) is 0. The van der Waals surface area contributed by atoms with E-state index in [9.17, 15) is 0 Å². The zero-order valence-electron chi connectivity index (χ0n) is 16.6. The predicted molar refractivity (Wildman–Crippen MR) is 123 cm³/mol. The van der Waals surface area contributed by atoms with Gasteiger partial charge in [0.1, 0.15) is 0 Å². The second-order valence-corrected chi connectivity index (χ2v) is 7.27. The van der Waals surface area contributed by atoms with Crippen molar-refractivity contribution >= 4 is 34.9 Å². The predicted octanol–water partition coefficient (Wildman–Crippen LogP) is 6.67. The zero-order chi connectivity index (χ0) is 19.5. The molecule has 29 heavy (non-hydrogen) atoms. The molecule has 2 aromatic heterocycles. The molecule has 0 aliphatic carbocycles. The van der Waals surface area contributed by atoms with Crippen LogP contribution in [-0.4, -0.2) is 16.2 Å². The summed E-state index contributed by atoms with van der Waals surface area (Å²) in [5.74, 6) is 0. The minimum absolute atomic E-state index is 0. The van der Waals surface area contributed by atoms with Gasteiger partial charge in [-0.2, -0.15) is 0 Å². The molecule has 0 amide bonds. The van der Waals surface area contributed by atoms with Crippen molar-refractivity contribution in [2.24, 2.45) is 0 Å². The fourth-order valence-corrected chi connectivity index (χ4v) is 3.79. The van der Waals surface area contributed by atoms with Gasteiger partial charge in [0.2, 0.25) is 0 Å². The molecule has 4 aromatic rings. The highest BCUT2D eigenvalue weighted by atomic mass is 35.5. The minimum atomic E-state index is 0. The lowest BCUT2D eigenvalue weighted by molar-refractivity contribution is 0.134. The van der Waals surface area contributed by atoms with Crippen molar-refractivity contribution in [3.63, 3.8) is 0 Å². The van der Waals surface area contributed by atoms with E-state index in [4.69, 9.17) is 21.3 Å². The van der Waals surface area contributed by atoms with Crippen molar-refractivity contribution < 1.29 is 4.74 Å². The van der Waals surface area contributed by atoms with Gasteiger partial charge in [0.25, 0.3) is 0 Å². The molecule has 0 bridgehead atoms. The highest BCUT2D eigenvalue weighted by Crippen LogP contribution is 2.34. The van der Waals surface area contributed by atoms with E-state index >= 15 is 0 Å². The maximum atomic E-state index is 6.10. The Kier molecular flexibility index (Phi) is 6.96. The molecule has 150 valence electrons. The number of fused-ring (bicyclic) bond motifs is 1. The summed E-state index contributed by atoms with van der Waals surface area (Å²) in [5, 5.41) is 1.92. The first kappa shape index (κ1) is 21.4. The van der Waals surface area contributed by atoms with E-state index in [1.54, 1.807) is 0 Å². The molecule has 4 rings (SSSR count). The van der Waals surface area contributed by atoms with E-state index in [1.807, 2.05) is 43.5 Å². The van der Waals surface area contributed by atoms with E-state index in [1.165, 1.54) is 22.2 Å². The SMILES string of the molecule is CCOCc1c(C)n(Cc2ccccc2)c2c(-c3ccc(Cl)cc3)nccc12.Cl. The molecule has 0 radical (unpaired) electrons. The van der Waals surface area contributed by atoms with Gasteiger partial charge in [-0.05, 0) is 37.6 Å². The van der Waals surface area contributed by atoms with Gasteiger partial charge in [-0.3, -0.25) is 4.98 Å². The van der Waals surface area contributed by atoms with Crippen LogP contribution in [0.2, 0.25) is 5.02 Å². The molecule has 0 N–H and O–H groups in total. The van der Waals surface area contributed by atoms with Gasteiger partial charge in [0.15, 0.2) is 0 Å². The molecule has 2 aromatic carbocycles. The first-order chi connectivity index (χ1) is 13.7. The van der Waals surface area contributed by atoms with Crippen LogP contribution in [0.15, 0.2) is 66.9 Å². The molecule has 3 nitrogen and oxygen atoms in total. The molecule has 0 spiro atoms. The Balaban J connectivity index is 0.00000240. The molecule has 0 saturated carbocycles. The number of halogens is 2. The summed E-state index contributed by atoms with van der Waals surface area (Å²) in [5.41, 5.74) is 6.87. The van der Waals surface area contributed by atoms with E-state index in [0.29, 0.717) is 13.2 Å². The van der Waals surface area contributed by atoms with Gasteiger partial charge in [-0.25, -0.2) is 0 Å². The van der Waals surface area contributed by atoms with Crippen LogP contribution in [0.4, 0.5) is 0 Å². The maximum absolute atomic E-state index is 6.10. The van der Waals surface area contributed by atoms with Crippen LogP contribution in [0.25, 0.3) is 22.2 Å². The highest BCUT2D eigenvalue weighted by Gasteiger charge is 2.19. The van der Waals surface area contributed by atoms with Crippen LogP contribution < -0.4 is 0 Å². The first-order valence-corrected chi connectivity index (χ1v) is 9.91. The average Bonchev–Trinajstić information content (AvgIpc) is 2.99.